The van der Waals surface area contributed by atoms with E-state index in [0.717, 1.165) is 12.8 Å². The predicted molar refractivity (Wildman–Crippen MR) is 70.9 cm³/mol. The number of β-amino-alcohol motifs (C(OH)–C–C–N with tert-alkyl or cyclic N) is 1. The highest BCUT2D eigenvalue weighted by atomic mass is 19.4. The molecule has 0 spiro atoms. The maximum absolute atomic E-state index is 12.8. The Morgan fingerprint density at radius 3 is 2.67 bits per heavy atom. The highest BCUT2D eigenvalue weighted by Gasteiger charge is 2.57. The van der Waals surface area contributed by atoms with Gasteiger partial charge in [0.1, 0.15) is 11.6 Å². The molecule has 21 heavy (non-hydrogen) atoms. The van der Waals surface area contributed by atoms with Crippen LogP contribution in [0.1, 0.15) is 19.3 Å². The van der Waals surface area contributed by atoms with Gasteiger partial charge in [0.2, 0.25) is 5.95 Å². The Morgan fingerprint density at radius 2 is 2.10 bits per heavy atom. The molecule has 1 unspecified atom stereocenters. The second-order valence-electron chi connectivity index (χ2n) is 5.59. The Labute approximate surface area is 119 Å². The molecule has 116 valence electrons. The van der Waals surface area contributed by atoms with Crippen molar-refractivity contribution in [2.45, 2.75) is 37.1 Å². The third-order valence-corrected chi connectivity index (χ3v) is 3.76. The van der Waals surface area contributed by atoms with Crippen molar-refractivity contribution in [1.82, 2.24) is 9.97 Å². The van der Waals surface area contributed by atoms with Crippen LogP contribution in [0, 0.1) is 0 Å². The molecule has 1 saturated carbocycles. The number of halogens is 3. The van der Waals surface area contributed by atoms with Gasteiger partial charge in [0.15, 0.2) is 5.60 Å². The van der Waals surface area contributed by atoms with Crippen LogP contribution < -0.4 is 16.0 Å². The fourth-order valence-corrected chi connectivity index (χ4v) is 2.35. The monoisotopic (exact) mass is 303 g/mol. The number of aromatic nitrogens is 2. The minimum Gasteiger partial charge on any atom is -0.379 e. The van der Waals surface area contributed by atoms with Gasteiger partial charge in [-0.2, -0.15) is 23.1 Å². The first-order valence-corrected chi connectivity index (χ1v) is 6.72. The van der Waals surface area contributed by atoms with E-state index in [-0.39, 0.29) is 18.9 Å². The van der Waals surface area contributed by atoms with E-state index in [0.29, 0.717) is 17.7 Å². The average Bonchev–Trinajstić information content (AvgIpc) is 3.07. The van der Waals surface area contributed by atoms with Crippen LogP contribution >= 0.6 is 0 Å². The first kappa shape index (κ1) is 14.2. The molecule has 2 aliphatic rings. The van der Waals surface area contributed by atoms with E-state index >= 15 is 0 Å². The predicted octanol–water partition coefficient (Wildman–Crippen LogP) is 1.14. The Kier molecular flexibility index (Phi) is 3.12. The van der Waals surface area contributed by atoms with Crippen molar-refractivity contribution in [3.05, 3.63) is 6.07 Å². The number of nitrogen functional groups attached to an aromatic ring is 1. The number of alkyl halides is 3. The van der Waals surface area contributed by atoms with Crippen LogP contribution in [0.4, 0.5) is 30.8 Å². The fourth-order valence-electron chi connectivity index (χ4n) is 2.35. The molecule has 0 amide bonds. The van der Waals surface area contributed by atoms with Gasteiger partial charge in [0.05, 0.1) is 6.54 Å². The van der Waals surface area contributed by atoms with Crippen molar-refractivity contribution in [3.63, 3.8) is 0 Å². The first-order chi connectivity index (χ1) is 9.77. The molecule has 0 aromatic carbocycles. The van der Waals surface area contributed by atoms with Gasteiger partial charge < -0.3 is 21.1 Å². The Hall–Kier alpha value is -1.77. The number of rotatable bonds is 3. The van der Waals surface area contributed by atoms with Gasteiger partial charge in [-0.05, 0) is 12.8 Å². The van der Waals surface area contributed by atoms with Crippen molar-refractivity contribution in [3.8, 4) is 0 Å². The average molecular weight is 303 g/mol. The summed E-state index contributed by atoms with van der Waals surface area (Å²) in [6, 6.07) is 1.91. The SMILES string of the molecule is Nc1nc(NC2CC2)cc(N2CCC(O)(C(F)(F)F)C2)n1. The lowest BCUT2D eigenvalue weighted by Gasteiger charge is -2.26. The van der Waals surface area contributed by atoms with Crippen LogP contribution in [-0.4, -0.2) is 46.0 Å². The number of nitrogens with zero attached hydrogens (tertiary/aromatic N) is 3. The van der Waals surface area contributed by atoms with Gasteiger partial charge in [0, 0.05) is 25.1 Å². The van der Waals surface area contributed by atoms with Crippen LogP contribution in [0.25, 0.3) is 0 Å². The smallest absolute Gasteiger partial charge is 0.379 e. The summed E-state index contributed by atoms with van der Waals surface area (Å²) >= 11 is 0. The van der Waals surface area contributed by atoms with Gasteiger partial charge in [-0.15, -0.1) is 0 Å². The number of hydrogen-bond donors (Lipinski definition) is 3. The van der Waals surface area contributed by atoms with Crippen LogP contribution in [0.15, 0.2) is 6.07 Å². The zero-order valence-electron chi connectivity index (χ0n) is 11.2. The summed E-state index contributed by atoms with van der Waals surface area (Å²) in [4.78, 5) is 9.36. The molecule has 4 N–H and O–H groups in total. The van der Waals surface area contributed by atoms with Crippen molar-refractivity contribution in [1.29, 1.82) is 0 Å². The van der Waals surface area contributed by atoms with Gasteiger partial charge in [-0.25, -0.2) is 0 Å². The molecule has 1 aromatic rings. The number of hydrogen-bond acceptors (Lipinski definition) is 6. The van der Waals surface area contributed by atoms with E-state index in [9.17, 15) is 18.3 Å². The molecule has 0 bridgehead atoms. The van der Waals surface area contributed by atoms with E-state index in [1.54, 1.807) is 6.07 Å². The highest BCUT2D eigenvalue weighted by Crippen LogP contribution is 2.39. The highest BCUT2D eigenvalue weighted by molar-refractivity contribution is 5.54. The summed E-state index contributed by atoms with van der Waals surface area (Å²) in [6.07, 6.45) is -2.96. The van der Waals surface area contributed by atoms with Crippen LogP contribution in [0.3, 0.4) is 0 Å². The molecule has 6 nitrogen and oxygen atoms in total. The topological polar surface area (TPSA) is 87.3 Å². The van der Waals surface area contributed by atoms with E-state index in [4.69, 9.17) is 5.73 Å². The molecule has 2 fully saturated rings. The largest absolute Gasteiger partial charge is 0.418 e. The molecule has 2 heterocycles. The van der Waals surface area contributed by atoms with Crippen LogP contribution in [0.2, 0.25) is 0 Å². The third-order valence-electron chi connectivity index (χ3n) is 3.76. The summed E-state index contributed by atoms with van der Waals surface area (Å²) in [5, 5.41) is 12.8. The van der Waals surface area contributed by atoms with Gasteiger partial charge in [-0.1, -0.05) is 0 Å². The van der Waals surface area contributed by atoms with E-state index in [1.165, 1.54) is 4.90 Å². The number of aliphatic hydroxyl groups is 1. The molecule has 0 radical (unpaired) electrons. The first-order valence-electron chi connectivity index (χ1n) is 6.72. The van der Waals surface area contributed by atoms with Crippen LogP contribution in [0.5, 0.6) is 0 Å². The normalized spacial score (nSPS) is 26.2. The summed E-state index contributed by atoms with van der Waals surface area (Å²) in [6.45, 7) is -0.481. The molecular formula is C12H16F3N5O. The zero-order valence-corrected chi connectivity index (χ0v) is 11.2. The number of nitrogens with one attached hydrogen (secondary N) is 1. The summed E-state index contributed by atoms with van der Waals surface area (Å²) in [7, 11) is 0. The maximum atomic E-state index is 12.8. The van der Waals surface area contributed by atoms with E-state index in [1.807, 2.05) is 0 Å². The molecule has 9 heteroatoms. The maximum Gasteiger partial charge on any atom is 0.418 e. The fraction of sp³-hybridized carbons (Fsp3) is 0.667. The molecule has 1 aliphatic carbocycles. The zero-order chi connectivity index (χ0) is 15.3. The summed E-state index contributed by atoms with van der Waals surface area (Å²) in [5.41, 5.74) is 2.91. The minimum atomic E-state index is -4.66. The lowest BCUT2D eigenvalue weighted by atomic mass is 10.0. The standard InChI is InChI=1S/C12H16F3N5O/c13-12(14,15)11(21)3-4-20(6-11)9-5-8(17-7-1-2-7)18-10(16)19-9/h5,7,21H,1-4,6H2,(H3,16,17,18,19). The van der Waals surface area contributed by atoms with Gasteiger partial charge in [0.25, 0.3) is 0 Å². The lowest BCUT2D eigenvalue weighted by Crippen LogP contribution is -2.47. The van der Waals surface area contributed by atoms with Crippen molar-refractivity contribution in [2.24, 2.45) is 0 Å². The second-order valence-corrected chi connectivity index (χ2v) is 5.59. The van der Waals surface area contributed by atoms with Crippen molar-refractivity contribution < 1.29 is 18.3 Å². The number of anilines is 3. The third kappa shape index (κ3) is 2.82. The van der Waals surface area contributed by atoms with Gasteiger partial charge >= 0.3 is 6.18 Å². The Bertz CT molecular complexity index is 548. The lowest BCUT2D eigenvalue weighted by molar-refractivity contribution is -0.250. The second kappa shape index (κ2) is 4.62. The minimum absolute atomic E-state index is 0.00176. The number of nitrogens with two attached hydrogens (primary N) is 1. The van der Waals surface area contributed by atoms with Crippen LogP contribution in [-0.2, 0) is 0 Å². The molecule has 3 rings (SSSR count). The van der Waals surface area contributed by atoms with Crippen molar-refractivity contribution >= 4 is 17.6 Å². The Morgan fingerprint density at radius 1 is 1.38 bits per heavy atom. The van der Waals surface area contributed by atoms with Crippen molar-refractivity contribution in [2.75, 3.05) is 29.0 Å². The molecule has 1 aromatic heterocycles. The van der Waals surface area contributed by atoms with E-state index in [2.05, 4.69) is 15.3 Å². The molecule has 1 atom stereocenters. The Balaban J connectivity index is 1.79. The molecule has 1 aliphatic heterocycles. The molecular weight excluding hydrogens is 287 g/mol. The van der Waals surface area contributed by atoms with Gasteiger partial charge in [-0.3, -0.25) is 0 Å². The summed E-state index contributed by atoms with van der Waals surface area (Å²) < 4.78 is 38.5. The quantitative estimate of drug-likeness (QED) is 0.776. The van der Waals surface area contributed by atoms with E-state index < -0.39 is 18.3 Å². The summed E-state index contributed by atoms with van der Waals surface area (Å²) in [5.74, 6) is 0.798. The molecule has 1 saturated heterocycles.